The first-order valence-electron chi connectivity index (χ1n) is 6.22. The largest absolute Gasteiger partial charge is 0.299 e. The van der Waals surface area contributed by atoms with Gasteiger partial charge in [0.15, 0.2) is 0 Å². The van der Waals surface area contributed by atoms with Crippen LogP contribution in [0, 0.1) is 22.7 Å². The van der Waals surface area contributed by atoms with E-state index < -0.39 is 0 Å². The van der Waals surface area contributed by atoms with Gasteiger partial charge in [-0.2, -0.15) is 5.26 Å². The summed E-state index contributed by atoms with van der Waals surface area (Å²) >= 11 is 0. The number of rotatable bonds is 3. The normalized spacial score (nSPS) is 28.3. The Bertz CT molecular complexity index is 255. The van der Waals surface area contributed by atoms with Crippen LogP contribution in [0.4, 0.5) is 0 Å². The molecule has 0 saturated heterocycles. The van der Waals surface area contributed by atoms with E-state index in [1.807, 2.05) is 0 Å². The van der Waals surface area contributed by atoms with Crippen molar-refractivity contribution in [2.24, 2.45) is 11.3 Å². The van der Waals surface area contributed by atoms with Gasteiger partial charge in [-0.05, 0) is 56.4 Å². The summed E-state index contributed by atoms with van der Waals surface area (Å²) in [6, 6.07) is 2.53. The molecular weight excluding hydrogens is 184 g/mol. The molecule has 0 aromatic heterocycles. The molecule has 0 unspecified atom stereocenters. The van der Waals surface area contributed by atoms with Crippen LogP contribution < -0.4 is 5.32 Å². The number of nitriles is 1. The van der Waals surface area contributed by atoms with Crippen LogP contribution in [0.3, 0.4) is 0 Å². The Hall–Kier alpha value is -0.550. The van der Waals surface area contributed by atoms with Gasteiger partial charge in [0.2, 0.25) is 0 Å². The molecule has 0 aliphatic heterocycles. The van der Waals surface area contributed by atoms with E-state index in [0.717, 1.165) is 25.3 Å². The van der Waals surface area contributed by atoms with E-state index in [2.05, 4.69) is 25.2 Å². The monoisotopic (exact) mass is 206 g/mol. The van der Waals surface area contributed by atoms with E-state index in [0.29, 0.717) is 5.41 Å². The van der Waals surface area contributed by atoms with E-state index >= 15 is 0 Å². The predicted octanol–water partition coefficient (Wildman–Crippen LogP) is 2.85. The fourth-order valence-electron chi connectivity index (χ4n) is 2.34. The third-order valence-electron chi connectivity index (χ3n) is 4.10. The average Bonchev–Trinajstić information content (AvgIpc) is 3.01. The first kappa shape index (κ1) is 11.0. The highest BCUT2D eigenvalue weighted by Gasteiger charge is 2.39. The average molecular weight is 206 g/mol. The van der Waals surface area contributed by atoms with Crippen molar-refractivity contribution in [1.82, 2.24) is 5.32 Å². The lowest BCUT2D eigenvalue weighted by atomic mass is 9.70. The Morgan fingerprint density at radius 2 is 1.80 bits per heavy atom. The van der Waals surface area contributed by atoms with Crippen molar-refractivity contribution in [2.75, 3.05) is 6.54 Å². The molecule has 1 N–H and O–H groups in total. The Kier molecular flexibility index (Phi) is 2.77. The third kappa shape index (κ3) is 2.72. The van der Waals surface area contributed by atoms with Crippen molar-refractivity contribution in [2.45, 2.75) is 57.9 Å². The van der Waals surface area contributed by atoms with E-state index in [9.17, 15) is 5.26 Å². The van der Waals surface area contributed by atoms with Gasteiger partial charge < -0.3 is 0 Å². The first-order valence-corrected chi connectivity index (χ1v) is 6.22. The van der Waals surface area contributed by atoms with Crippen molar-refractivity contribution >= 4 is 0 Å². The summed E-state index contributed by atoms with van der Waals surface area (Å²) in [6.45, 7) is 5.69. The van der Waals surface area contributed by atoms with Crippen molar-refractivity contribution in [3.63, 3.8) is 0 Å². The Morgan fingerprint density at radius 3 is 2.27 bits per heavy atom. The molecule has 2 saturated carbocycles. The zero-order chi connectivity index (χ0) is 10.9. The zero-order valence-corrected chi connectivity index (χ0v) is 9.97. The molecule has 0 heterocycles. The number of nitrogens with one attached hydrogen (secondary N) is 1. The van der Waals surface area contributed by atoms with E-state index in [4.69, 9.17) is 0 Å². The molecule has 84 valence electrons. The molecule has 0 atom stereocenters. The van der Waals surface area contributed by atoms with E-state index in [1.165, 1.54) is 25.7 Å². The van der Waals surface area contributed by atoms with Crippen LogP contribution in [0.15, 0.2) is 0 Å². The molecule has 0 amide bonds. The predicted molar refractivity (Wildman–Crippen MR) is 61.3 cm³/mol. The molecule has 0 aromatic carbocycles. The second kappa shape index (κ2) is 3.79. The van der Waals surface area contributed by atoms with Gasteiger partial charge in [0.25, 0.3) is 0 Å². The van der Waals surface area contributed by atoms with Gasteiger partial charge >= 0.3 is 0 Å². The maximum Gasteiger partial charge on any atom is 0.106 e. The minimum Gasteiger partial charge on any atom is -0.299 e. The lowest BCUT2D eigenvalue weighted by Crippen LogP contribution is -2.48. The van der Waals surface area contributed by atoms with Gasteiger partial charge in [-0.25, -0.2) is 0 Å². The summed E-state index contributed by atoms with van der Waals surface area (Å²) in [5, 5.41) is 12.9. The topological polar surface area (TPSA) is 35.8 Å². The molecule has 2 aliphatic rings. The summed E-state index contributed by atoms with van der Waals surface area (Å²) in [5.74, 6) is 0.866. The van der Waals surface area contributed by atoms with Crippen LogP contribution in [0.2, 0.25) is 0 Å². The molecule has 15 heavy (non-hydrogen) atoms. The Morgan fingerprint density at radius 1 is 1.20 bits per heavy atom. The summed E-state index contributed by atoms with van der Waals surface area (Å²) in [6.07, 6.45) is 7.14. The number of hydrogen-bond donors (Lipinski definition) is 1. The fourth-order valence-corrected chi connectivity index (χ4v) is 2.34. The Labute approximate surface area is 93.0 Å². The maximum atomic E-state index is 9.33. The van der Waals surface area contributed by atoms with Crippen LogP contribution in [-0.2, 0) is 0 Å². The van der Waals surface area contributed by atoms with E-state index in [1.54, 1.807) is 0 Å². The summed E-state index contributed by atoms with van der Waals surface area (Å²) < 4.78 is 0. The molecule has 0 radical (unpaired) electrons. The highest BCUT2D eigenvalue weighted by atomic mass is 15.0. The van der Waals surface area contributed by atoms with Crippen molar-refractivity contribution in [3.8, 4) is 6.07 Å². The molecule has 2 rings (SSSR count). The molecule has 2 heteroatoms. The molecule has 0 spiro atoms. The Balaban J connectivity index is 1.89. The fraction of sp³-hybridized carbons (Fsp3) is 0.923. The zero-order valence-electron chi connectivity index (χ0n) is 9.97. The lowest BCUT2D eigenvalue weighted by molar-refractivity contribution is 0.170. The molecule has 2 fully saturated rings. The second-order valence-electron chi connectivity index (χ2n) is 6.18. The highest BCUT2D eigenvalue weighted by Crippen LogP contribution is 2.40. The highest BCUT2D eigenvalue weighted by molar-refractivity contribution is 5.10. The van der Waals surface area contributed by atoms with Gasteiger partial charge in [-0.3, -0.25) is 5.32 Å². The number of nitrogens with zero attached hydrogens (tertiary/aromatic N) is 1. The standard InChI is InChI=1S/C13H22N2/c1-12(2)5-7-13(10-14,8-6-12)15-9-11-3-4-11/h11,15H,3-9H2,1-2H3. The van der Waals surface area contributed by atoms with Gasteiger partial charge in [0.05, 0.1) is 6.07 Å². The maximum absolute atomic E-state index is 9.33. The third-order valence-corrected chi connectivity index (χ3v) is 4.10. The lowest BCUT2D eigenvalue weighted by Gasteiger charge is -2.40. The van der Waals surface area contributed by atoms with Crippen molar-refractivity contribution < 1.29 is 0 Å². The second-order valence-corrected chi connectivity index (χ2v) is 6.18. The van der Waals surface area contributed by atoms with Crippen molar-refractivity contribution in [1.29, 1.82) is 5.26 Å². The molecule has 0 aromatic rings. The summed E-state index contributed by atoms with van der Waals surface area (Å²) in [4.78, 5) is 0. The molecule has 0 bridgehead atoms. The van der Waals surface area contributed by atoms with Gasteiger partial charge in [-0.1, -0.05) is 13.8 Å². The minimum atomic E-state index is -0.196. The van der Waals surface area contributed by atoms with Crippen LogP contribution >= 0.6 is 0 Å². The van der Waals surface area contributed by atoms with Crippen LogP contribution in [0.25, 0.3) is 0 Å². The minimum absolute atomic E-state index is 0.196. The SMILES string of the molecule is CC1(C)CCC(C#N)(NCC2CC2)CC1. The summed E-state index contributed by atoms with van der Waals surface area (Å²) in [5.41, 5.74) is 0.250. The van der Waals surface area contributed by atoms with Gasteiger partial charge in [0.1, 0.15) is 5.54 Å². The van der Waals surface area contributed by atoms with Gasteiger partial charge in [0, 0.05) is 0 Å². The quantitative estimate of drug-likeness (QED) is 0.770. The van der Waals surface area contributed by atoms with Crippen LogP contribution in [0.5, 0.6) is 0 Å². The van der Waals surface area contributed by atoms with Gasteiger partial charge in [-0.15, -0.1) is 0 Å². The molecular formula is C13H22N2. The van der Waals surface area contributed by atoms with E-state index in [-0.39, 0.29) is 5.54 Å². The van der Waals surface area contributed by atoms with Crippen LogP contribution in [-0.4, -0.2) is 12.1 Å². The van der Waals surface area contributed by atoms with Crippen molar-refractivity contribution in [3.05, 3.63) is 0 Å². The number of hydrogen-bond acceptors (Lipinski definition) is 2. The van der Waals surface area contributed by atoms with Crippen LogP contribution in [0.1, 0.15) is 52.4 Å². The summed E-state index contributed by atoms with van der Waals surface area (Å²) in [7, 11) is 0. The first-order chi connectivity index (χ1) is 7.05. The molecule has 2 aliphatic carbocycles. The molecule has 2 nitrogen and oxygen atoms in total. The smallest absolute Gasteiger partial charge is 0.106 e.